The van der Waals surface area contributed by atoms with Crippen molar-refractivity contribution in [1.29, 1.82) is 0 Å². The molecule has 0 aromatic rings. The van der Waals surface area contributed by atoms with E-state index < -0.39 is 0 Å². The maximum Gasteiger partial charge on any atom is 0.239 e. The summed E-state index contributed by atoms with van der Waals surface area (Å²) < 4.78 is 0. The molecule has 126 valence electrons. The van der Waals surface area contributed by atoms with Crippen molar-refractivity contribution in [3.63, 3.8) is 0 Å². The van der Waals surface area contributed by atoms with Crippen molar-refractivity contribution >= 4 is 18.3 Å². The molecule has 1 rings (SSSR count). The second-order valence-electron chi connectivity index (χ2n) is 6.17. The van der Waals surface area contributed by atoms with E-state index in [9.17, 15) is 4.79 Å². The summed E-state index contributed by atoms with van der Waals surface area (Å²) in [4.78, 5) is 16.8. The molecule has 1 amide bonds. The van der Waals surface area contributed by atoms with Crippen molar-refractivity contribution < 1.29 is 4.79 Å². The number of amides is 1. The zero-order valence-corrected chi connectivity index (χ0v) is 15.0. The molecule has 4 nitrogen and oxygen atoms in total. The predicted octanol–water partition coefficient (Wildman–Crippen LogP) is 2.36. The Morgan fingerprint density at radius 1 is 1.24 bits per heavy atom. The van der Waals surface area contributed by atoms with Gasteiger partial charge in [-0.15, -0.1) is 12.4 Å². The van der Waals surface area contributed by atoms with Gasteiger partial charge in [-0.2, -0.15) is 0 Å². The smallest absolute Gasteiger partial charge is 0.239 e. The summed E-state index contributed by atoms with van der Waals surface area (Å²) in [6.45, 7) is 13.8. The minimum absolute atomic E-state index is 0. The van der Waals surface area contributed by atoms with Crippen molar-refractivity contribution in [1.82, 2.24) is 9.80 Å². The number of nitrogens with zero attached hydrogens (tertiary/aromatic N) is 2. The van der Waals surface area contributed by atoms with Crippen molar-refractivity contribution in [2.75, 3.05) is 32.7 Å². The molecule has 0 aromatic carbocycles. The van der Waals surface area contributed by atoms with Gasteiger partial charge in [0.25, 0.3) is 0 Å². The van der Waals surface area contributed by atoms with Gasteiger partial charge < -0.3 is 15.5 Å². The highest BCUT2D eigenvalue weighted by Gasteiger charge is 2.28. The lowest BCUT2D eigenvalue weighted by atomic mass is 9.93. The van der Waals surface area contributed by atoms with Crippen LogP contribution in [-0.2, 0) is 4.79 Å². The second kappa shape index (κ2) is 10.4. The van der Waals surface area contributed by atoms with Gasteiger partial charge in [0.2, 0.25) is 5.91 Å². The van der Waals surface area contributed by atoms with E-state index in [-0.39, 0.29) is 30.3 Å². The highest BCUT2D eigenvalue weighted by atomic mass is 35.5. The first-order chi connectivity index (χ1) is 9.53. The molecule has 1 aliphatic rings. The Labute approximate surface area is 136 Å². The molecule has 1 aliphatic heterocycles. The summed E-state index contributed by atoms with van der Waals surface area (Å²) in [6.07, 6.45) is 3.20. The fraction of sp³-hybridized carbons (Fsp3) is 0.938. The third-order valence-corrected chi connectivity index (χ3v) is 4.88. The molecule has 1 heterocycles. The molecule has 1 fully saturated rings. The van der Waals surface area contributed by atoms with Crippen molar-refractivity contribution in [2.24, 2.45) is 17.6 Å². The second-order valence-corrected chi connectivity index (χ2v) is 6.17. The van der Waals surface area contributed by atoms with E-state index in [2.05, 4.69) is 32.6 Å². The van der Waals surface area contributed by atoms with Crippen LogP contribution in [0.5, 0.6) is 0 Å². The molecule has 0 aromatic heterocycles. The Morgan fingerprint density at radius 3 is 2.19 bits per heavy atom. The lowest BCUT2D eigenvalue weighted by Gasteiger charge is -2.36. The Bertz CT molecular complexity index is 289. The minimum atomic E-state index is -0.320. The Hall–Kier alpha value is -0.320. The van der Waals surface area contributed by atoms with Gasteiger partial charge in [-0.05, 0) is 37.8 Å². The normalized spacial score (nSPS) is 19.2. The Balaban J connectivity index is 0.00000400. The first-order valence-electron chi connectivity index (χ1n) is 8.30. The van der Waals surface area contributed by atoms with Gasteiger partial charge in [0.15, 0.2) is 0 Å². The molecular weight excluding hydrogens is 286 g/mol. The molecule has 0 saturated carbocycles. The topological polar surface area (TPSA) is 49.6 Å². The Kier molecular flexibility index (Phi) is 10.3. The van der Waals surface area contributed by atoms with Crippen LogP contribution in [0.2, 0.25) is 0 Å². The number of likely N-dealkylation sites (tertiary alicyclic amines) is 1. The van der Waals surface area contributed by atoms with E-state index in [0.717, 1.165) is 51.4 Å². The summed E-state index contributed by atoms with van der Waals surface area (Å²) in [5, 5.41) is 0. The molecule has 2 N–H and O–H groups in total. The van der Waals surface area contributed by atoms with Crippen molar-refractivity contribution in [3.8, 4) is 0 Å². The number of nitrogens with two attached hydrogens (primary N) is 1. The summed E-state index contributed by atoms with van der Waals surface area (Å²) in [6, 6.07) is -0.320. The standard InChI is InChI=1S/C16H33N3O.ClH/c1-5-13(4)15(17)16(20)19-10-8-14(9-11-19)12-18(6-2)7-3;/h13-15H,5-12,17H2,1-4H3;1H. The monoisotopic (exact) mass is 319 g/mol. The third-order valence-electron chi connectivity index (χ3n) is 4.88. The lowest BCUT2D eigenvalue weighted by Crippen LogP contribution is -2.50. The minimum Gasteiger partial charge on any atom is -0.341 e. The maximum absolute atomic E-state index is 12.3. The molecule has 0 spiro atoms. The van der Waals surface area contributed by atoms with Crippen LogP contribution in [0, 0.1) is 11.8 Å². The van der Waals surface area contributed by atoms with E-state index >= 15 is 0 Å². The fourth-order valence-corrected chi connectivity index (χ4v) is 2.89. The van der Waals surface area contributed by atoms with Gasteiger partial charge in [0.05, 0.1) is 6.04 Å². The van der Waals surface area contributed by atoms with Gasteiger partial charge in [0.1, 0.15) is 0 Å². The van der Waals surface area contributed by atoms with Crippen molar-refractivity contribution in [2.45, 2.75) is 53.0 Å². The quantitative estimate of drug-likeness (QED) is 0.783. The number of piperidine rings is 1. The van der Waals surface area contributed by atoms with Crippen LogP contribution >= 0.6 is 12.4 Å². The van der Waals surface area contributed by atoms with Crippen LogP contribution in [0.15, 0.2) is 0 Å². The molecule has 2 atom stereocenters. The van der Waals surface area contributed by atoms with Crippen LogP contribution in [0.25, 0.3) is 0 Å². The van der Waals surface area contributed by atoms with Gasteiger partial charge in [-0.1, -0.05) is 34.1 Å². The van der Waals surface area contributed by atoms with Crippen LogP contribution < -0.4 is 5.73 Å². The molecule has 0 radical (unpaired) electrons. The van der Waals surface area contributed by atoms with Crippen LogP contribution in [0.1, 0.15) is 47.0 Å². The zero-order chi connectivity index (χ0) is 15.1. The summed E-state index contributed by atoms with van der Waals surface area (Å²) in [7, 11) is 0. The first kappa shape index (κ1) is 20.7. The average Bonchev–Trinajstić information content (AvgIpc) is 2.50. The zero-order valence-electron chi connectivity index (χ0n) is 14.2. The van der Waals surface area contributed by atoms with E-state index in [1.54, 1.807) is 0 Å². The summed E-state index contributed by atoms with van der Waals surface area (Å²) in [5.74, 6) is 1.16. The number of carbonyl (C=O) groups is 1. The largest absolute Gasteiger partial charge is 0.341 e. The van der Waals surface area contributed by atoms with Crippen LogP contribution in [0.4, 0.5) is 0 Å². The third kappa shape index (κ3) is 6.13. The Morgan fingerprint density at radius 2 is 1.76 bits per heavy atom. The van der Waals surface area contributed by atoms with Crippen LogP contribution in [-0.4, -0.2) is 54.5 Å². The average molecular weight is 320 g/mol. The fourth-order valence-electron chi connectivity index (χ4n) is 2.89. The van der Waals surface area contributed by atoms with Crippen LogP contribution in [0.3, 0.4) is 0 Å². The van der Waals surface area contributed by atoms with E-state index in [1.165, 1.54) is 6.54 Å². The SMILES string of the molecule is CCC(C)C(N)C(=O)N1CCC(CN(CC)CC)CC1.Cl. The highest BCUT2D eigenvalue weighted by molar-refractivity contribution is 5.85. The number of hydrogen-bond donors (Lipinski definition) is 1. The predicted molar refractivity (Wildman–Crippen MR) is 91.8 cm³/mol. The van der Waals surface area contributed by atoms with Gasteiger partial charge in [0, 0.05) is 19.6 Å². The van der Waals surface area contributed by atoms with Gasteiger partial charge in [-0.25, -0.2) is 0 Å². The number of halogens is 1. The number of rotatable bonds is 7. The lowest BCUT2D eigenvalue weighted by molar-refractivity contribution is -0.135. The summed E-state index contributed by atoms with van der Waals surface area (Å²) in [5.41, 5.74) is 6.06. The van der Waals surface area contributed by atoms with Gasteiger partial charge in [-0.3, -0.25) is 4.79 Å². The number of hydrogen-bond acceptors (Lipinski definition) is 3. The van der Waals surface area contributed by atoms with E-state index in [0.29, 0.717) is 0 Å². The molecule has 2 unspecified atom stereocenters. The molecule has 1 saturated heterocycles. The van der Waals surface area contributed by atoms with Crippen molar-refractivity contribution in [3.05, 3.63) is 0 Å². The van der Waals surface area contributed by atoms with E-state index in [4.69, 9.17) is 5.73 Å². The molecular formula is C16H34ClN3O. The molecule has 5 heteroatoms. The van der Waals surface area contributed by atoms with E-state index in [1.807, 2.05) is 4.90 Å². The molecule has 21 heavy (non-hydrogen) atoms. The number of carbonyl (C=O) groups excluding carboxylic acids is 1. The maximum atomic E-state index is 12.3. The summed E-state index contributed by atoms with van der Waals surface area (Å²) >= 11 is 0. The molecule has 0 bridgehead atoms. The molecule has 0 aliphatic carbocycles. The van der Waals surface area contributed by atoms with Gasteiger partial charge >= 0.3 is 0 Å². The first-order valence-corrected chi connectivity index (χ1v) is 8.30. The highest BCUT2D eigenvalue weighted by Crippen LogP contribution is 2.20.